The quantitative estimate of drug-likeness (QED) is 0.173. The first-order valence-corrected chi connectivity index (χ1v) is 14.5. The summed E-state index contributed by atoms with van der Waals surface area (Å²) in [6.45, 7) is 2.12. The average Bonchev–Trinajstić information content (AvgIpc) is 3.60. The molecule has 42 heavy (non-hydrogen) atoms. The van der Waals surface area contributed by atoms with Crippen molar-refractivity contribution in [1.29, 1.82) is 0 Å². The van der Waals surface area contributed by atoms with Gasteiger partial charge in [0.25, 0.3) is 0 Å². The molecule has 0 unspecified atom stereocenters. The Kier molecular flexibility index (Phi) is 7.87. The van der Waals surface area contributed by atoms with E-state index in [2.05, 4.69) is 22.0 Å². The summed E-state index contributed by atoms with van der Waals surface area (Å²) in [5.41, 5.74) is 3.32. The highest BCUT2D eigenvalue weighted by Gasteiger charge is 2.34. The molecule has 0 radical (unpaired) electrons. The summed E-state index contributed by atoms with van der Waals surface area (Å²) in [5.74, 6) is 6.72. The fraction of sp³-hybridized carbons (Fsp3) is 0.219. The van der Waals surface area contributed by atoms with Gasteiger partial charge < -0.3 is 18.8 Å². The van der Waals surface area contributed by atoms with E-state index in [-0.39, 0.29) is 28.6 Å². The van der Waals surface area contributed by atoms with Crippen molar-refractivity contribution in [2.45, 2.75) is 45.1 Å². The number of hydrogen-bond acceptors (Lipinski definition) is 6. The molecule has 5 aromatic rings. The predicted octanol–water partition coefficient (Wildman–Crippen LogP) is 8.95. The Hall–Kier alpha value is -3.96. The average molecular weight is 622 g/mol. The number of rotatable bonds is 8. The van der Waals surface area contributed by atoms with Crippen LogP contribution < -0.4 is 4.74 Å². The minimum Gasteiger partial charge on any atom is -0.487 e. The van der Waals surface area contributed by atoms with Crippen molar-refractivity contribution in [2.24, 2.45) is 0 Å². The number of carbonyl (C=O) groups is 1. The second kappa shape index (κ2) is 11.7. The van der Waals surface area contributed by atoms with Gasteiger partial charge in [-0.15, -0.1) is 0 Å². The Balaban J connectivity index is 1.31. The molecule has 0 bridgehead atoms. The summed E-state index contributed by atoms with van der Waals surface area (Å²) < 4.78 is 17.6. The third-order valence-electron chi connectivity index (χ3n) is 6.92. The first-order chi connectivity index (χ1) is 20.4. The van der Waals surface area contributed by atoms with Crippen molar-refractivity contribution in [3.8, 4) is 28.8 Å². The highest BCUT2D eigenvalue weighted by Crippen LogP contribution is 2.46. The number of aromatic carboxylic acids is 1. The van der Waals surface area contributed by atoms with E-state index in [9.17, 15) is 9.90 Å². The van der Waals surface area contributed by atoms with Crippen LogP contribution in [0.4, 0.5) is 0 Å². The lowest BCUT2D eigenvalue weighted by molar-refractivity contribution is 0.0698. The van der Waals surface area contributed by atoms with Crippen LogP contribution in [0.2, 0.25) is 15.1 Å². The molecule has 0 spiro atoms. The highest BCUT2D eigenvalue weighted by atomic mass is 35.5. The fourth-order valence-corrected chi connectivity index (χ4v) is 5.54. The maximum Gasteiger partial charge on any atom is 0.339 e. The minimum absolute atomic E-state index is 0.0135. The molecule has 1 saturated carbocycles. The lowest BCUT2D eigenvalue weighted by Crippen LogP contribution is -2.02. The van der Waals surface area contributed by atoms with Gasteiger partial charge in [0.15, 0.2) is 11.5 Å². The van der Waals surface area contributed by atoms with E-state index in [4.69, 9.17) is 48.5 Å². The standard InChI is InChI=1S/C32H23Cl3N2O5/c1-2-5-25-36-30-24(41-25)15-14-17(26(30)32(38)39)10-11-18-6-3-9-23(28(18)35)40-16-20-29(37-42-31(20)19-12-13-19)27-21(33)7-4-8-22(27)34/h3-4,6-9,14-15,19H,2,5,12-13,16H2,1H3,(H,38,39). The molecule has 212 valence electrons. The van der Waals surface area contributed by atoms with E-state index < -0.39 is 5.97 Å². The van der Waals surface area contributed by atoms with Crippen LogP contribution in [-0.4, -0.2) is 21.2 Å². The Bertz CT molecular complexity index is 1880. The zero-order valence-corrected chi connectivity index (χ0v) is 24.6. The van der Waals surface area contributed by atoms with Crippen LogP contribution in [-0.2, 0) is 13.0 Å². The Labute approximate surface area is 256 Å². The topological polar surface area (TPSA) is 98.6 Å². The number of ether oxygens (including phenoxy) is 1. The monoisotopic (exact) mass is 620 g/mol. The first kappa shape index (κ1) is 28.2. The van der Waals surface area contributed by atoms with Gasteiger partial charge in [-0.2, -0.15) is 0 Å². The number of oxazole rings is 1. The summed E-state index contributed by atoms with van der Waals surface area (Å²) in [6, 6.07) is 13.8. The number of aryl methyl sites for hydroxylation is 1. The van der Waals surface area contributed by atoms with Crippen molar-refractivity contribution in [2.75, 3.05) is 0 Å². The number of carboxylic acids is 1. The van der Waals surface area contributed by atoms with Gasteiger partial charge in [-0.1, -0.05) is 70.9 Å². The Morgan fingerprint density at radius 1 is 1.05 bits per heavy atom. The van der Waals surface area contributed by atoms with E-state index in [1.165, 1.54) is 0 Å². The van der Waals surface area contributed by atoms with Crippen LogP contribution >= 0.6 is 34.8 Å². The maximum absolute atomic E-state index is 12.2. The molecule has 1 aliphatic rings. The van der Waals surface area contributed by atoms with Gasteiger partial charge in [-0.3, -0.25) is 0 Å². The predicted molar refractivity (Wildman–Crippen MR) is 161 cm³/mol. The summed E-state index contributed by atoms with van der Waals surface area (Å²) in [6.07, 6.45) is 3.44. The zero-order valence-electron chi connectivity index (χ0n) is 22.3. The number of fused-ring (bicyclic) bond motifs is 1. The van der Waals surface area contributed by atoms with Gasteiger partial charge in [0.05, 0.1) is 20.6 Å². The molecule has 0 amide bonds. The lowest BCUT2D eigenvalue weighted by Gasteiger charge is -2.11. The second-order valence-electron chi connectivity index (χ2n) is 9.90. The molecule has 1 N–H and O–H groups in total. The van der Waals surface area contributed by atoms with Crippen LogP contribution in [0.1, 0.15) is 70.8 Å². The summed E-state index contributed by atoms with van der Waals surface area (Å²) in [7, 11) is 0. The third kappa shape index (κ3) is 5.46. The first-order valence-electron chi connectivity index (χ1n) is 13.4. The van der Waals surface area contributed by atoms with Gasteiger partial charge in [-0.25, -0.2) is 9.78 Å². The fourth-order valence-electron chi connectivity index (χ4n) is 4.73. The van der Waals surface area contributed by atoms with Crippen LogP contribution in [0.15, 0.2) is 57.5 Å². The Morgan fingerprint density at radius 2 is 1.79 bits per heavy atom. The van der Waals surface area contributed by atoms with E-state index in [0.29, 0.717) is 56.1 Å². The van der Waals surface area contributed by atoms with E-state index in [0.717, 1.165) is 30.6 Å². The number of hydrogen-bond donors (Lipinski definition) is 1. The van der Waals surface area contributed by atoms with Gasteiger partial charge in [0.1, 0.15) is 34.9 Å². The van der Waals surface area contributed by atoms with E-state index >= 15 is 0 Å². The zero-order chi connectivity index (χ0) is 29.4. The third-order valence-corrected chi connectivity index (χ3v) is 7.94. The van der Waals surface area contributed by atoms with Crippen molar-refractivity contribution < 1.29 is 23.6 Å². The van der Waals surface area contributed by atoms with Crippen LogP contribution in [0, 0.1) is 11.8 Å². The largest absolute Gasteiger partial charge is 0.487 e. The number of benzene rings is 3. The Morgan fingerprint density at radius 3 is 2.50 bits per heavy atom. The van der Waals surface area contributed by atoms with Gasteiger partial charge in [0.2, 0.25) is 0 Å². The van der Waals surface area contributed by atoms with Gasteiger partial charge in [0, 0.05) is 29.0 Å². The SMILES string of the molecule is CCCc1nc2c(C(=O)O)c(C#Cc3cccc(OCc4c(-c5c(Cl)cccc5Cl)noc4C4CC4)c3Cl)ccc2o1. The normalized spacial score (nSPS) is 12.8. The van der Waals surface area contributed by atoms with Gasteiger partial charge in [-0.05, 0) is 55.7 Å². The smallest absolute Gasteiger partial charge is 0.339 e. The second-order valence-corrected chi connectivity index (χ2v) is 11.1. The summed E-state index contributed by atoms with van der Waals surface area (Å²) in [5, 5.41) is 15.4. The highest BCUT2D eigenvalue weighted by molar-refractivity contribution is 6.39. The van der Waals surface area contributed by atoms with Crippen LogP contribution in [0.3, 0.4) is 0 Å². The molecule has 6 rings (SSSR count). The van der Waals surface area contributed by atoms with Crippen molar-refractivity contribution in [1.82, 2.24) is 10.1 Å². The van der Waals surface area contributed by atoms with Crippen molar-refractivity contribution >= 4 is 51.9 Å². The molecule has 1 fully saturated rings. The molecule has 0 atom stereocenters. The molecule has 2 aromatic heterocycles. The lowest BCUT2D eigenvalue weighted by atomic mass is 10.0. The number of aromatic nitrogens is 2. The number of carboxylic acid groups (broad SMARTS) is 1. The maximum atomic E-state index is 12.2. The van der Waals surface area contributed by atoms with Crippen LogP contribution in [0.25, 0.3) is 22.4 Å². The van der Waals surface area contributed by atoms with E-state index in [1.54, 1.807) is 48.5 Å². The van der Waals surface area contributed by atoms with Gasteiger partial charge >= 0.3 is 5.97 Å². The van der Waals surface area contributed by atoms with Crippen LogP contribution in [0.5, 0.6) is 5.75 Å². The van der Waals surface area contributed by atoms with Crippen molar-refractivity contribution in [3.63, 3.8) is 0 Å². The molecule has 10 heteroatoms. The molecule has 3 aromatic carbocycles. The minimum atomic E-state index is -1.14. The summed E-state index contributed by atoms with van der Waals surface area (Å²) in [4.78, 5) is 16.6. The molecule has 7 nitrogen and oxygen atoms in total. The summed E-state index contributed by atoms with van der Waals surface area (Å²) >= 11 is 19.7. The molecule has 0 aliphatic heterocycles. The molecular formula is C32H23Cl3N2O5. The number of halogens is 3. The molecular weight excluding hydrogens is 599 g/mol. The number of nitrogens with zero attached hydrogens (tertiary/aromatic N) is 2. The molecule has 2 heterocycles. The molecule has 0 saturated heterocycles. The molecule has 1 aliphatic carbocycles. The van der Waals surface area contributed by atoms with Crippen molar-refractivity contribution in [3.05, 3.63) is 97.5 Å². The van der Waals surface area contributed by atoms with E-state index in [1.807, 2.05) is 6.92 Å².